The summed E-state index contributed by atoms with van der Waals surface area (Å²) in [5.74, 6) is -0.570. The first-order valence-electron chi connectivity index (χ1n) is 7.07. The molecule has 0 amide bonds. The van der Waals surface area contributed by atoms with Crippen LogP contribution in [0.3, 0.4) is 0 Å². The highest BCUT2D eigenvalue weighted by molar-refractivity contribution is 5.85. The highest BCUT2D eigenvalue weighted by Gasteiger charge is 2.44. The molecule has 114 valence electrons. The molecular weight excluding hydrogens is 260 g/mol. The number of carbonyl (C=O) groups excluding carboxylic acids is 3. The molecule has 1 aliphatic carbocycles. The van der Waals surface area contributed by atoms with E-state index < -0.39 is 10.8 Å². The van der Waals surface area contributed by atoms with Gasteiger partial charge in [0, 0.05) is 12.8 Å². The number of carbonyl (C=O) groups is 3. The lowest BCUT2D eigenvalue weighted by atomic mass is 9.74. The van der Waals surface area contributed by atoms with Gasteiger partial charge in [-0.2, -0.15) is 0 Å². The molecule has 0 saturated heterocycles. The van der Waals surface area contributed by atoms with Gasteiger partial charge in [0.2, 0.25) is 0 Å². The van der Waals surface area contributed by atoms with Gasteiger partial charge in [0.05, 0.1) is 12.0 Å². The lowest BCUT2D eigenvalue weighted by Crippen LogP contribution is -2.42. The minimum absolute atomic E-state index is 0.00475. The van der Waals surface area contributed by atoms with Crippen molar-refractivity contribution >= 4 is 17.7 Å². The van der Waals surface area contributed by atoms with E-state index in [9.17, 15) is 14.4 Å². The highest BCUT2D eigenvalue weighted by atomic mass is 16.6. The maximum absolute atomic E-state index is 12.2. The molecule has 0 aliphatic heterocycles. The molecule has 0 atom stereocenters. The van der Waals surface area contributed by atoms with Gasteiger partial charge in [-0.1, -0.05) is 0 Å². The molecule has 0 spiro atoms. The Hall–Kier alpha value is -1.39. The van der Waals surface area contributed by atoms with Gasteiger partial charge in [0.25, 0.3) is 0 Å². The quantitative estimate of drug-likeness (QED) is 0.741. The van der Waals surface area contributed by atoms with Gasteiger partial charge in [-0.15, -0.1) is 0 Å². The summed E-state index contributed by atoms with van der Waals surface area (Å²) in [6, 6.07) is 0. The third-order valence-corrected chi connectivity index (χ3v) is 3.57. The van der Waals surface area contributed by atoms with Crippen molar-refractivity contribution < 1.29 is 23.9 Å². The molecule has 1 aliphatic rings. The van der Waals surface area contributed by atoms with Gasteiger partial charge >= 0.3 is 11.9 Å². The van der Waals surface area contributed by atoms with Gasteiger partial charge in [-0.3, -0.25) is 14.4 Å². The highest BCUT2D eigenvalue weighted by Crippen LogP contribution is 2.37. The Bertz CT molecular complexity index is 382. The van der Waals surface area contributed by atoms with Crippen molar-refractivity contribution in [1.82, 2.24) is 0 Å². The largest absolute Gasteiger partial charge is 0.465 e. The van der Waals surface area contributed by atoms with E-state index in [2.05, 4.69) is 0 Å². The smallest absolute Gasteiger partial charge is 0.315 e. The Labute approximate surface area is 120 Å². The number of hydrogen-bond acceptors (Lipinski definition) is 5. The molecular formula is C15H24O5. The van der Waals surface area contributed by atoms with Gasteiger partial charge in [-0.25, -0.2) is 0 Å². The maximum Gasteiger partial charge on any atom is 0.315 e. The minimum Gasteiger partial charge on any atom is -0.465 e. The summed E-state index contributed by atoms with van der Waals surface area (Å²) in [4.78, 5) is 35.4. The Morgan fingerprint density at radius 2 is 1.70 bits per heavy atom. The molecule has 0 N–H and O–H groups in total. The number of rotatable bonds is 4. The second-order valence-electron chi connectivity index (χ2n) is 6.37. The van der Waals surface area contributed by atoms with E-state index in [0.717, 1.165) is 0 Å². The van der Waals surface area contributed by atoms with E-state index in [1.54, 1.807) is 27.7 Å². The number of esters is 2. The lowest BCUT2D eigenvalue weighted by Gasteiger charge is -2.34. The Balaban J connectivity index is 2.76. The predicted octanol–water partition coefficient (Wildman–Crippen LogP) is 2.27. The van der Waals surface area contributed by atoms with Crippen molar-refractivity contribution in [2.75, 3.05) is 13.2 Å². The number of ketones is 1. The summed E-state index contributed by atoms with van der Waals surface area (Å²) >= 11 is 0. The van der Waals surface area contributed by atoms with E-state index in [1.165, 1.54) is 0 Å². The van der Waals surface area contributed by atoms with E-state index in [1.807, 2.05) is 0 Å². The maximum atomic E-state index is 12.2. The number of hydrogen-bond donors (Lipinski definition) is 0. The molecule has 0 aromatic heterocycles. The van der Waals surface area contributed by atoms with Crippen molar-refractivity contribution in [2.24, 2.45) is 10.8 Å². The van der Waals surface area contributed by atoms with Crippen molar-refractivity contribution in [1.29, 1.82) is 0 Å². The zero-order chi connectivity index (χ0) is 15.4. The molecule has 0 aromatic carbocycles. The predicted molar refractivity (Wildman–Crippen MR) is 73.0 cm³/mol. The van der Waals surface area contributed by atoms with Crippen molar-refractivity contribution in [3.8, 4) is 0 Å². The normalized spacial score (nSPS) is 18.5. The fourth-order valence-electron chi connectivity index (χ4n) is 2.12. The second kappa shape index (κ2) is 6.37. The zero-order valence-corrected chi connectivity index (χ0v) is 12.8. The summed E-state index contributed by atoms with van der Waals surface area (Å²) in [7, 11) is 0. The summed E-state index contributed by atoms with van der Waals surface area (Å²) in [6.07, 6.45) is 1.46. The van der Waals surface area contributed by atoms with E-state index in [-0.39, 0.29) is 30.9 Å². The minimum atomic E-state index is -0.856. The number of ether oxygens (including phenoxy) is 2. The SMILES string of the molecule is CCOC(=O)C1(COC(=O)C(C)(C)C)CCC(=O)CC1. The summed E-state index contributed by atoms with van der Waals surface area (Å²) in [5, 5.41) is 0. The van der Waals surface area contributed by atoms with Crippen molar-refractivity contribution in [3.05, 3.63) is 0 Å². The fourth-order valence-corrected chi connectivity index (χ4v) is 2.12. The van der Waals surface area contributed by atoms with E-state index in [0.29, 0.717) is 25.7 Å². The fraction of sp³-hybridized carbons (Fsp3) is 0.800. The van der Waals surface area contributed by atoms with Crippen LogP contribution in [0, 0.1) is 10.8 Å². The van der Waals surface area contributed by atoms with Crippen LogP contribution in [0.1, 0.15) is 53.4 Å². The van der Waals surface area contributed by atoms with Crippen molar-refractivity contribution in [3.63, 3.8) is 0 Å². The Morgan fingerprint density at radius 1 is 1.15 bits per heavy atom. The summed E-state index contributed by atoms with van der Waals surface area (Å²) < 4.78 is 10.4. The van der Waals surface area contributed by atoms with Crippen LogP contribution in [-0.4, -0.2) is 30.9 Å². The Kier molecular flexibility index (Phi) is 5.31. The van der Waals surface area contributed by atoms with Gasteiger partial charge in [0.1, 0.15) is 17.8 Å². The molecule has 0 bridgehead atoms. The van der Waals surface area contributed by atoms with Crippen LogP contribution in [0.15, 0.2) is 0 Å². The van der Waals surface area contributed by atoms with Crippen LogP contribution in [0.25, 0.3) is 0 Å². The molecule has 1 saturated carbocycles. The third kappa shape index (κ3) is 4.05. The van der Waals surface area contributed by atoms with E-state index >= 15 is 0 Å². The first-order valence-corrected chi connectivity index (χ1v) is 7.07. The molecule has 1 rings (SSSR count). The van der Waals surface area contributed by atoms with Crippen LogP contribution in [0.5, 0.6) is 0 Å². The average molecular weight is 284 g/mol. The molecule has 0 unspecified atom stereocenters. The van der Waals surface area contributed by atoms with Crippen LogP contribution in [-0.2, 0) is 23.9 Å². The van der Waals surface area contributed by atoms with Crippen LogP contribution < -0.4 is 0 Å². The molecule has 0 radical (unpaired) electrons. The van der Waals surface area contributed by atoms with Crippen LogP contribution in [0.2, 0.25) is 0 Å². The topological polar surface area (TPSA) is 69.7 Å². The van der Waals surface area contributed by atoms with Crippen LogP contribution >= 0.6 is 0 Å². The lowest BCUT2D eigenvalue weighted by molar-refractivity contribution is -0.170. The third-order valence-electron chi connectivity index (χ3n) is 3.57. The van der Waals surface area contributed by atoms with E-state index in [4.69, 9.17) is 9.47 Å². The molecule has 5 nitrogen and oxygen atoms in total. The second-order valence-corrected chi connectivity index (χ2v) is 6.37. The zero-order valence-electron chi connectivity index (χ0n) is 12.8. The van der Waals surface area contributed by atoms with Gasteiger partial charge in [0.15, 0.2) is 0 Å². The molecule has 5 heteroatoms. The molecule has 1 fully saturated rings. The molecule has 0 heterocycles. The monoisotopic (exact) mass is 284 g/mol. The average Bonchev–Trinajstić information content (AvgIpc) is 2.37. The Morgan fingerprint density at radius 3 is 2.15 bits per heavy atom. The standard InChI is InChI=1S/C15H24O5/c1-5-19-13(18)15(8-6-11(16)7-9-15)10-20-12(17)14(2,3)4/h5-10H2,1-4H3. The summed E-state index contributed by atoms with van der Waals surface area (Å²) in [6.45, 7) is 7.29. The number of Topliss-reactive ketones (excluding diaryl/α,β-unsaturated/α-hetero) is 1. The van der Waals surface area contributed by atoms with Gasteiger partial charge < -0.3 is 9.47 Å². The molecule has 20 heavy (non-hydrogen) atoms. The van der Waals surface area contributed by atoms with Crippen molar-refractivity contribution in [2.45, 2.75) is 53.4 Å². The first kappa shape index (κ1) is 16.7. The molecule has 0 aromatic rings. The van der Waals surface area contributed by atoms with Gasteiger partial charge in [-0.05, 0) is 40.5 Å². The summed E-state index contributed by atoms with van der Waals surface area (Å²) in [5.41, 5.74) is -1.47. The van der Waals surface area contributed by atoms with Crippen LogP contribution in [0.4, 0.5) is 0 Å². The first-order chi connectivity index (χ1) is 9.21.